The van der Waals surface area contributed by atoms with Gasteiger partial charge in [0.2, 0.25) is 0 Å². The number of carbonyl (C=O) groups excluding carboxylic acids is 1. The number of aromatic nitrogens is 1. The van der Waals surface area contributed by atoms with Gasteiger partial charge in [0.1, 0.15) is 5.75 Å². The zero-order valence-corrected chi connectivity index (χ0v) is 17.1. The van der Waals surface area contributed by atoms with E-state index < -0.39 is 0 Å². The first-order valence-corrected chi connectivity index (χ1v) is 9.96. The van der Waals surface area contributed by atoms with E-state index in [0.717, 1.165) is 46.9 Å². The molecule has 0 amide bonds. The quantitative estimate of drug-likeness (QED) is 0.329. The minimum Gasteiger partial charge on any atom is -0.426 e. The highest BCUT2D eigenvalue weighted by molar-refractivity contribution is 9.10. The first kappa shape index (κ1) is 20.0. The molecule has 2 rings (SSSR count). The van der Waals surface area contributed by atoms with E-state index in [1.807, 2.05) is 18.2 Å². The van der Waals surface area contributed by atoms with Crippen molar-refractivity contribution in [3.8, 4) is 5.75 Å². The third-order valence-electron chi connectivity index (χ3n) is 4.35. The molecule has 1 aromatic carbocycles. The van der Waals surface area contributed by atoms with Gasteiger partial charge in [-0.1, -0.05) is 38.7 Å². The van der Waals surface area contributed by atoms with Gasteiger partial charge < -0.3 is 14.6 Å². The Kier molecular flexibility index (Phi) is 7.97. The van der Waals surface area contributed by atoms with Gasteiger partial charge >= 0.3 is 5.97 Å². The van der Waals surface area contributed by atoms with Crippen LogP contribution in [0.2, 0.25) is 0 Å². The van der Waals surface area contributed by atoms with Crippen LogP contribution in [-0.2, 0) is 11.2 Å². The summed E-state index contributed by atoms with van der Waals surface area (Å²) in [6, 6.07) is 5.82. The molecule has 0 aliphatic heterocycles. The molecule has 5 heteroatoms. The summed E-state index contributed by atoms with van der Waals surface area (Å²) in [6.07, 6.45) is 7.01. The van der Waals surface area contributed by atoms with E-state index in [2.05, 4.69) is 46.8 Å². The monoisotopic (exact) mass is 408 g/mol. The Bertz CT molecular complexity index is 694. The molecular weight excluding hydrogens is 380 g/mol. The number of fused-ring (bicyclic) bond motifs is 1. The van der Waals surface area contributed by atoms with Crippen molar-refractivity contribution in [2.75, 3.05) is 20.6 Å². The average Bonchev–Trinajstić information content (AvgIpc) is 2.89. The molecule has 0 aliphatic carbocycles. The zero-order chi connectivity index (χ0) is 18.2. The molecule has 4 nitrogen and oxygen atoms in total. The fraction of sp³-hybridized carbons (Fsp3) is 0.550. The van der Waals surface area contributed by atoms with E-state index in [4.69, 9.17) is 4.74 Å². The molecular formula is C20H29BrN2O2. The molecule has 1 N–H and O–H groups in total. The molecule has 138 valence electrons. The van der Waals surface area contributed by atoms with Gasteiger partial charge in [-0.05, 0) is 60.6 Å². The second-order valence-electron chi connectivity index (χ2n) is 6.79. The second-order valence-corrected chi connectivity index (χ2v) is 7.58. The largest absolute Gasteiger partial charge is 0.426 e. The first-order valence-electron chi connectivity index (χ1n) is 9.17. The number of esters is 1. The van der Waals surface area contributed by atoms with Gasteiger partial charge in [-0.25, -0.2) is 0 Å². The van der Waals surface area contributed by atoms with Crippen molar-refractivity contribution >= 4 is 32.8 Å². The third-order valence-corrected chi connectivity index (χ3v) is 5.03. The summed E-state index contributed by atoms with van der Waals surface area (Å²) >= 11 is 3.61. The van der Waals surface area contributed by atoms with Crippen LogP contribution >= 0.6 is 15.9 Å². The van der Waals surface area contributed by atoms with Crippen LogP contribution < -0.4 is 4.74 Å². The minimum absolute atomic E-state index is 0.139. The zero-order valence-electron chi connectivity index (χ0n) is 15.5. The predicted molar refractivity (Wildman–Crippen MR) is 107 cm³/mol. The molecule has 0 aliphatic rings. The van der Waals surface area contributed by atoms with Crippen molar-refractivity contribution in [3.63, 3.8) is 0 Å². The summed E-state index contributed by atoms with van der Waals surface area (Å²) in [4.78, 5) is 17.7. The maximum absolute atomic E-state index is 12.2. The number of likely N-dealkylation sites (N-methyl/N-ethyl adjacent to an activating group) is 1. The highest BCUT2D eigenvalue weighted by Crippen LogP contribution is 2.34. The SMILES string of the molecule is CCCCCCCC(=O)Oc1cccc2[nH]c(Br)c(CCN(C)C)c12. The summed E-state index contributed by atoms with van der Waals surface area (Å²) in [5, 5.41) is 1.01. The molecule has 0 spiro atoms. The van der Waals surface area contributed by atoms with Gasteiger partial charge in [-0.2, -0.15) is 0 Å². The summed E-state index contributed by atoms with van der Waals surface area (Å²) in [5.41, 5.74) is 2.16. The lowest BCUT2D eigenvalue weighted by Gasteiger charge is -2.11. The van der Waals surface area contributed by atoms with Crippen LogP contribution in [0.25, 0.3) is 10.9 Å². The van der Waals surface area contributed by atoms with E-state index in [1.54, 1.807) is 0 Å². The maximum atomic E-state index is 12.2. The molecule has 0 fully saturated rings. The van der Waals surface area contributed by atoms with Gasteiger partial charge in [0.05, 0.1) is 10.1 Å². The Morgan fingerprint density at radius 2 is 1.96 bits per heavy atom. The number of aromatic amines is 1. The maximum Gasteiger partial charge on any atom is 0.311 e. The van der Waals surface area contributed by atoms with Crippen LogP contribution in [0.1, 0.15) is 51.0 Å². The number of halogens is 1. The Balaban J connectivity index is 2.08. The lowest BCUT2D eigenvalue weighted by molar-refractivity contribution is -0.134. The normalized spacial score (nSPS) is 11.4. The molecule has 0 atom stereocenters. The van der Waals surface area contributed by atoms with E-state index >= 15 is 0 Å². The third kappa shape index (κ3) is 5.86. The predicted octanol–water partition coefficient (Wildman–Crippen LogP) is 5.30. The van der Waals surface area contributed by atoms with Crippen molar-refractivity contribution in [3.05, 3.63) is 28.4 Å². The van der Waals surface area contributed by atoms with Gasteiger partial charge in [0.15, 0.2) is 0 Å². The van der Waals surface area contributed by atoms with Crippen LogP contribution in [0.15, 0.2) is 22.8 Å². The lowest BCUT2D eigenvalue weighted by Crippen LogP contribution is -2.15. The summed E-state index contributed by atoms with van der Waals surface area (Å²) in [7, 11) is 4.12. The van der Waals surface area contributed by atoms with Crippen molar-refractivity contribution in [1.29, 1.82) is 0 Å². The van der Waals surface area contributed by atoms with Gasteiger partial charge in [-0.15, -0.1) is 0 Å². The van der Waals surface area contributed by atoms with Crippen LogP contribution in [0.3, 0.4) is 0 Å². The second kappa shape index (κ2) is 9.97. The number of H-pyrrole nitrogens is 1. The molecule has 0 unspecified atom stereocenters. The number of hydrogen-bond donors (Lipinski definition) is 1. The van der Waals surface area contributed by atoms with E-state index in [9.17, 15) is 4.79 Å². The minimum atomic E-state index is -0.139. The Morgan fingerprint density at radius 1 is 1.20 bits per heavy atom. The highest BCUT2D eigenvalue weighted by Gasteiger charge is 2.16. The Labute approximate surface area is 159 Å². The van der Waals surface area contributed by atoms with Crippen LogP contribution in [0, 0.1) is 0 Å². The van der Waals surface area contributed by atoms with Gasteiger partial charge in [0.25, 0.3) is 0 Å². The van der Waals surface area contributed by atoms with Gasteiger partial charge in [0, 0.05) is 18.4 Å². The molecule has 2 aromatic rings. The fourth-order valence-electron chi connectivity index (χ4n) is 2.95. The topological polar surface area (TPSA) is 45.3 Å². The number of benzene rings is 1. The van der Waals surface area contributed by atoms with Crippen LogP contribution in [-0.4, -0.2) is 36.5 Å². The number of hydrogen-bond acceptors (Lipinski definition) is 3. The summed E-state index contributed by atoms with van der Waals surface area (Å²) in [5.74, 6) is 0.520. The smallest absolute Gasteiger partial charge is 0.311 e. The average molecular weight is 409 g/mol. The number of nitrogens with zero attached hydrogens (tertiary/aromatic N) is 1. The van der Waals surface area contributed by atoms with Crippen LogP contribution in [0.4, 0.5) is 0 Å². The van der Waals surface area contributed by atoms with Gasteiger partial charge in [-0.3, -0.25) is 4.79 Å². The molecule has 25 heavy (non-hydrogen) atoms. The Hall–Kier alpha value is -1.33. The summed E-state index contributed by atoms with van der Waals surface area (Å²) in [6.45, 7) is 3.13. The highest BCUT2D eigenvalue weighted by atomic mass is 79.9. The van der Waals surface area contributed by atoms with Crippen molar-refractivity contribution in [1.82, 2.24) is 9.88 Å². The van der Waals surface area contributed by atoms with Crippen LogP contribution in [0.5, 0.6) is 5.75 Å². The lowest BCUT2D eigenvalue weighted by atomic mass is 10.1. The van der Waals surface area contributed by atoms with Crippen molar-refractivity contribution < 1.29 is 9.53 Å². The number of rotatable bonds is 10. The molecule has 0 radical (unpaired) electrons. The number of ether oxygens (including phenoxy) is 1. The van der Waals surface area contributed by atoms with Crippen molar-refractivity contribution in [2.45, 2.75) is 51.9 Å². The first-order chi connectivity index (χ1) is 12.0. The van der Waals surface area contributed by atoms with E-state index in [1.165, 1.54) is 19.3 Å². The van der Waals surface area contributed by atoms with E-state index in [-0.39, 0.29) is 5.97 Å². The fourth-order valence-corrected chi connectivity index (χ4v) is 3.56. The van der Waals surface area contributed by atoms with E-state index in [0.29, 0.717) is 12.2 Å². The number of carbonyl (C=O) groups is 1. The molecule has 1 aromatic heterocycles. The summed E-state index contributed by atoms with van der Waals surface area (Å²) < 4.78 is 6.67. The number of nitrogens with one attached hydrogen (secondary N) is 1. The molecule has 0 bridgehead atoms. The standard InChI is InChI=1S/C20H29BrN2O2/c1-4-5-6-7-8-12-18(24)25-17-11-9-10-16-19(17)15(20(21)22-16)13-14-23(2)3/h9-11,22H,4-8,12-14H2,1-3H3. The number of unbranched alkanes of at least 4 members (excludes halogenated alkanes) is 4. The Morgan fingerprint density at radius 3 is 2.68 bits per heavy atom. The molecule has 0 saturated heterocycles. The molecule has 1 heterocycles. The molecule has 0 saturated carbocycles. The van der Waals surface area contributed by atoms with Crippen molar-refractivity contribution in [2.24, 2.45) is 0 Å².